The molecule has 0 aromatic heterocycles. The largest absolute Gasteiger partial charge is 0.179 e. The number of hydrogen-bond acceptors (Lipinski definition) is 0. The van der Waals surface area contributed by atoms with Crippen molar-refractivity contribution in [2.24, 2.45) is 0 Å². The molecular formula is C146H100Si. The third kappa shape index (κ3) is 15.1. The van der Waals surface area contributed by atoms with Crippen LogP contribution in [0.15, 0.2) is 607 Å². The van der Waals surface area contributed by atoms with Crippen LogP contribution in [0.4, 0.5) is 0 Å². The molecule has 0 saturated carbocycles. The Morgan fingerprint density at radius 2 is 0.374 bits per heavy atom. The van der Waals surface area contributed by atoms with Crippen LogP contribution in [0.5, 0.6) is 0 Å². The lowest BCUT2D eigenvalue weighted by molar-refractivity contribution is 0.745. The van der Waals surface area contributed by atoms with Crippen molar-refractivity contribution in [1.82, 2.24) is 0 Å². The molecule has 147 heavy (non-hydrogen) atoms. The van der Waals surface area contributed by atoms with Crippen LogP contribution < -0.4 is 20.7 Å². The highest BCUT2D eigenvalue weighted by atomic mass is 28.3. The van der Waals surface area contributed by atoms with Crippen molar-refractivity contribution in [2.75, 3.05) is 0 Å². The molecule has 0 fully saturated rings. The Labute approximate surface area is 859 Å². The van der Waals surface area contributed by atoms with Crippen LogP contribution in [0.2, 0.25) is 0 Å². The summed E-state index contributed by atoms with van der Waals surface area (Å²) in [5.41, 5.74) is 26.7. The molecule has 0 radical (unpaired) electrons. The summed E-state index contributed by atoms with van der Waals surface area (Å²) in [5.74, 6) is 0. The van der Waals surface area contributed by atoms with E-state index < -0.39 is 18.9 Å². The summed E-state index contributed by atoms with van der Waals surface area (Å²) in [6.45, 7) is 0. The fraction of sp³-hybridized carbons (Fsp3) is 0.0137. The summed E-state index contributed by atoms with van der Waals surface area (Å²) >= 11 is 0. The molecule has 0 aliphatic heterocycles. The lowest BCUT2D eigenvalue weighted by Crippen LogP contribution is -2.74. The Hall–Kier alpha value is -18.5. The minimum Gasteiger partial charge on any atom is -0.0623 e. The molecule has 0 saturated heterocycles. The molecule has 27 aromatic carbocycles. The Kier molecular flexibility index (Phi) is 23.0. The predicted molar refractivity (Wildman–Crippen MR) is 629 cm³/mol. The first kappa shape index (κ1) is 88.7. The van der Waals surface area contributed by atoms with Crippen LogP contribution in [0.1, 0.15) is 44.5 Å². The average Bonchev–Trinajstić information content (AvgIpc) is 1.53. The molecule has 0 unspecified atom stereocenters. The van der Waals surface area contributed by atoms with Crippen LogP contribution in [0, 0.1) is 0 Å². The fourth-order valence-corrected chi connectivity index (χ4v) is 29.6. The zero-order valence-electron chi connectivity index (χ0n) is 81.2. The minimum absolute atomic E-state index is 0.438. The molecule has 0 bridgehead atoms. The molecule has 1 heteroatoms. The second kappa shape index (κ2) is 38.1. The van der Waals surface area contributed by atoms with E-state index >= 15 is 0 Å². The Morgan fingerprint density at radius 1 is 0.136 bits per heavy atom. The van der Waals surface area contributed by atoms with Crippen molar-refractivity contribution in [3.8, 4) is 77.9 Å². The third-order valence-electron chi connectivity index (χ3n) is 31.1. The highest BCUT2D eigenvalue weighted by Crippen LogP contribution is 2.60. The molecule has 0 heterocycles. The second-order valence-corrected chi connectivity index (χ2v) is 42.6. The van der Waals surface area contributed by atoms with E-state index in [2.05, 4.69) is 607 Å². The van der Waals surface area contributed by atoms with Crippen molar-refractivity contribution >= 4 is 126 Å². The third-order valence-corrected chi connectivity index (χ3v) is 35.9. The smallest absolute Gasteiger partial charge is 0.0623 e. The monoisotopic (exact) mass is 1880 g/mol. The van der Waals surface area contributed by atoms with Gasteiger partial charge in [-0.2, -0.15) is 0 Å². The topological polar surface area (TPSA) is 0 Å². The van der Waals surface area contributed by atoms with Gasteiger partial charge in [0.15, 0.2) is 8.07 Å². The van der Waals surface area contributed by atoms with Crippen molar-refractivity contribution in [2.45, 2.75) is 10.8 Å². The molecule has 0 atom stereocenters. The molecule has 28 rings (SSSR count). The van der Waals surface area contributed by atoms with Crippen LogP contribution >= 0.6 is 0 Å². The van der Waals surface area contributed by atoms with Crippen molar-refractivity contribution in [3.63, 3.8) is 0 Å². The van der Waals surface area contributed by atoms with Gasteiger partial charge < -0.3 is 0 Å². The van der Waals surface area contributed by atoms with Crippen LogP contribution in [0.25, 0.3) is 175 Å². The van der Waals surface area contributed by atoms with Crippen molar-refractivity contribution < 1.29 is 0 Å². The zero-order valence-corrected chi connectivity index (χ0v) is 82.2. The first-order valence-electron chi connectivity index (χ1n) is 51.2. The van der Waals surface area contributed by atoms with E-state index in [-0.39, 0.29) is 0 Å². The van der Waals surface area contributed by atoms with Crippen LogP contribution in [-0.4, -0.2) is 8.07 Å². The lowest BCUT2D eigenvalue weighted by Gasteiger charge is -2.37. The Bertz CT molecular complexity index is 8960. The molecule has 27 aromatic rings. The van der Waals surface area contributed by atoms with Gasteiger partial charge in [0.05, 0.1) is 10.8 Å². The molecular weight excluding hydrogens is 1780 g/mol. The van der Waals surface area contributed by atoms with Gasteiger partial charge in [0, 0.05) is 0 Å². The number of fused-ring (bicyclic) bond motifs is 21. The molecule has 0 amide bonds. The van der Waals surface area contributed by atoms with Crippen LogP contribution in [-0.2, 0) is 10.8 Å². The maximum Gasteiger partial charge on any atom is 0.179 e. The van der Waals surface area contributed by atoms with Gasteiger partial charge in [-0.3, -0.25) is 0 Å². The van der Waals surface area contributed by atoms with Gasteiger partial charge in [0.25, 0.3) is 0 Å². The summed E-state index contributed by atoms with van der Waals surface area (Å²) < 4.78 is 0. The van der Waals surface area contributed by atoms with E-state index in [0.29, 0.717) is 0 Å². The maximum atomic E-state index is 2.46. The van der Waals surface area contributed by atoms with E-state index in [1.807, 2.05) is 0 Å². The molecule has 1 aliphatic carbocycles. The zero-order chi connectivity index (χ0) is 97.6. The summed E-state index contributed by atoms with van der Waals surface area (Å²) in [7, 11) is -2.60. The lowest BCUT2D eigenvalue weighted by atomic mass is 9.65. The molecule has 688 valence electrons. The van der Waals surface area contributed by atoms with E-state index in [4.69, 9.17) is 0 Å². The molecule has 0 nitrogen and oxygen atoms in total. The van der Waals surface area contributed by atoms with Gasteiger partial charge in [-0.15, -0.1) is 0 Å². The van der Waals surface area contributed by atoms with Gasteiger partial charge in [0.2, 0.25) is 0 Å². The number of benzene rings is 27. The van der Waals surface area contributed by atoms with Gasteiger partial charge in [-0.1, -0.05) is 570 Å². The quantitative estimate of drug-likeness (QED) is 0.0514. The Balaban J connectivity index is 0.000000112. The first-order chi connectivity index (χ1) is 73.0. The summed E-state index contributed by atoms with van der Waals surface area (Å²) in [6.07, 6.45) is 0. The first-order valence-corrected chi connectivity index (χ1v) is 53.2. The summed E-state index contributed by atoms with van der Waals surface area (Å²) in [4.78, 5) is 0. The number of hydrogen-bond donors (Lipinski definition) is 0. The SMILES string of the molecule is c1ccc(-c2cc(-c3ccc(C(c4ccccc4)(c4ccccc4)c4ccccc4)cc3)cc3c4ccccc4c4ccccc4c23)cc1.c1ccc(-c2cc(-c3ccc([Si](c4ccccc4)(c4ccccc4)c4ccccc4)cc3)cc3c4ccccc4c4ccccc4c23)cc1.c1ccc(-c2cc(-c3cccc4c3-c3ccccc3C4(c3ccccc3)c3ccccc3)cc3c4ccccc4c4ccccc4c23)cc1. The molecule has 0 spiro atoms. The van der Waals surface area contributed by atoms with Crippen molar-refractivity contribution in [1.29, 1.82) is 0 Å². The minimum atomic E-state index is -2.60. The standard InChI is InChI=1S/C49H32.C49H34.C48H34Si/c1-4-17-33(18-5-1)43-31-34(32-44-40-25-11-10-23-38(40)39-24-12-13-26-41(39)47(43)44)37-28-16-30-46-48(37)42-27-14-15-29-45(42)49(46,35-19-6-2-7-20-35)36-21-8-3-9-22-36;2*1-5-17-36(18-6-1)46-33-37(34-47-44-27-14-13-25-42(44)43-26-15-16-28-45(43)48(46)47)35-29-31-41(32-30-35)49(38-19-7-2-8-20-38,39-21-9-3-10-22-39)40-23-11-4-12-24-40/h1-32H;2*1-34H. The summed E-state index contributed by atoms with van der Waals surface area (Å²) in [5, 5.41) is 28.8. The normalized spacial score (nSPS) is 12.1. The number of rotatable bonds is 16. The molecule has 1 aliphatic rings. The second-order valence-electron chi connectivity index (χ2n) is 38.8. The van der Waals surface area contributed by atoms with Gasteiger partial charge in [-0.25, -0.2) is 0 Å². The van der Waals surface area contributed by atoms with E-state index in [1.165, 1.54) is 240 Å². The highest BCUT2D eigenvalue weighted by Gasteiger charge is 2.48. The highest BCUT2D eigenvalue weighted by molar-refractivity contribution is 7.20. The van der Waals surface area contributed by atoms with Gasteiger partial charge >= 0.3 is 0 Å². The maximum absolute atomic E-state index is 2.60. The van der Waals surface area contributed by atoms with E-state index in [0.717, 1.165) is 0 Å². The van der Waals surface area contributed by atoms with Crippen LogP contribution in [0.3, 0.4) is 0 Å². The van der Waals surface area contributed by atoms with E-state index in [1.54, 1.807) is 0 Å². The van der Waals surface area contributed by atoms with Crippen molar-refractivity contribution in [3.05, 3.63) is 651 Å². The average molecular weight is 1880 g/mol. The predicted octanol–water partition coefficient (Wildman–Crippen LogP) is 35.6. The fourth-order valence-electron chi connectivity index (χ4n) is 24.8. The van der Waals surface area contributed by atoms with Gasteiger partial charge in [0.1, 0.15) is 0 Å². The van der Waals surface area contributed by atoms with Gasteiger partial charge in [-0.05, 0) is 276 Å². The van der Waals surface area contributed by atoms with E-state index in [9.17, 15) is 0 Å². The Morgan fingerprint density at radius 3 is 0.721 bits per heavy atom. The summed E-state index contributed by atoms with van der Waals surface area (Å²) in [6, 6.07) is 224. The molecule has 0 N–H and O–H groups in total.